The predicted molar refractivity (Wildman–Crippen MR) is 174 cm³/mol. The number of aliphatic imine (C=N–C) groups is 1. The Morgan fingerprint density at radius 1 is 0.953 bits per heavy atom. The van der Waals surface area contributed by atoms with E-state index in [9.17, 15) is 9.59 Å². The van der Waals surface area contributed by atoms with Crippen LogP contribution < -0.4 is 16.8 Å². The number of nitrogens with one attached hydrogen (secondary N) is 1. The second-order valence-electron chi connectivity index (χ2n) is 10.4. The van der Waals surface area contributed by atoms with Crippen LogP contribution in [0.2, 0.25) is 20.1 Å². The minimum Gasteiger partial charge on any atom is -0.370 e. The van der Waals surface area contributed by atoms with E-state index >= 15 is 0 Å². The van der Waals surface area contributed by atoms with Gasteiger partial charge in [0.2, 0.25) is 11.7 Å². The first kappa shape index (κ1) is 34.4. The number of benzene rings is 2. The van der Waals surface area contributed by atoms with Gasteiger partial charge in [0.25, 0.3) is 5.91 Å². The molecule has 0 radical (unpaired) electrons. The summed E-state index contributed by atoms with van der Waals surface area (Å²) in [6, 6.07) is 9.40. The number of rotatable bonds is 14. The van der Waals surface area contributed by atoms with Crippen molar-refractivity contribution in [1.29, 1.82) is 0 Å². The molecule has 0 aliphatic heterocycles. The van der Waals surface area contributed by atoms with Crippen molar-refractivity contribution in [1.82, 2.24) is 25.0 Å². The van der Waals surface area contributed by atoms with Crippen molar-refractivity contribution < 1.29 is 9.59 Å². The van der Waals surface area contributed by atoms with Gasteiger partial charge in [0.15, 0.2) is 5.96 Å². The van der Waals surface area contributed by atoms with Crippen LogP contribution in [0.1, 0.15) is 61.5 Å². The van der Waals surface area contributed by atoms with E-state index in [0.29, 0.717) is 76.8 Å². The highest BCUT2D eigenvalue weighted by Gasteiger charge is 2.29. The van der Waals surface area contributed by atoms with Crippen molar-refractivity contribution in [3.8, 4) is 5.69 Å². The van der Waals surface area contributed by atoms with Gasteiger partial charge in [0.1, 0.15) is 11.9 Å². The van der Waals surface area contributed by atoms with Gasteiger partial charge in [-0.15, -0.1) is 5.10 Å². The van der Waals surface area contributed by atoms with Crippen LogP contribution in [0.4, 0.5) is 0 Å². The first-order valence-electron chi connectivity index (χ1n) is 13.9. The van der Waals surface area contributed by atoms with E-state index in [1.807, 2.05) is 26.0 Å². The standard InChI is InChI=1S/C29H36Cl4N8O2/c1-17(2)40(10-6-7-19-11-20(30)13-21(31)12-19)28(43)25(8-4-5-9-36-29(34)35)38-27(42)26-37-18(3)41(39-26)24-15-22(32)14-23(33)16-24/h11-17,25H,4-10H2,1-3H3,(H,38,42)(H4,34,35,36). The van der Waals surface area contributed by atoms with Gasteiger partial charge < -0.3 is 21.7 Å². The van der Waals surface area contributed by atoms with Crippen molar-refractivity contribution >= 4 is 64.2 Å². The second kappa shape index (κ2) is 16.1. The number of guanidine groups is 1. The minimum absolute atomic E-state index is 0.00549. The van der Waals surface area contributed by atoms with E-state index in [0.717, 1.165) is 5.56 Å². The van der Waals surface area contributed by atoms with Crippen LogP contribution in [-0.2, 0) is 11.2 Å². The Bertz CT molecular complexity index is 1420. The van der Waals surface area contributed by atoms with Crippen LogP contribution in [0.15, 0.2) is 41.4 Å². The fraction of sp³-hybridized carbons (Fsp3) is 0.414. The Kier molecular flexibility index (Phi) is 12.9. The number of amides is 2. The number of aromatic nitrogens is 3. The monoisotopic (exact) mass is 668 g/mol. The molecule has 0 saturated carbocycles. The van der Waals surface area contributed by atoms with Crippen LogP contribution in [0.3, 0.4) is 0 Å². The topological polar surface area (TPSA) is 145 Å². The van der Waals surface area contributed by atoms with E-state index in [-0.39, 0.29) is 23.7 Å². The Labute approximate surface area is 271 Å². The quantitative estimate of drug-likeness (QED) is 0.116. The zero-order valence-corrected chi connectivity index (χ0v) is 27.3. The third-order valence-corrected chi connectivity index (χ3v) is 7.43. The number of hydrogen-bond donors (Lipinski definition) is 3. The second-order valence-corrected chi connectivity index (χ2v) is 12.1. The van der Waals surface area contributed by atoms with Crippen LogP contribution in [-0.4, -0.2) is 62.6 Å². The molecule has 3 rings (SSSR count). The number of nitrogens with zero attached hydrogens (tertiary/aromatic N) is 5. The maximum Gasteiger partial charge on any atom is 0.291 e. The number of nitrogens with two attached hydrogens (primary N) is 2. The molecule has 1 aromatic heterocycles. The minimum atomic E-state index is -0.817. The summed E-state index contributed by atoms with van der Waals surface area (Å²) in [7, 11) is 0. The van der Waals surface area contributed by atoms with Crippen LogP contribution in [0.5, 0.6) is 0 Å². The fourth-order valence-electron chi connectivity index (χ4n) is 4.57. The van der Waals surface area contributed by atoms with Gasteiger partial charge in [-0.05, 0) is 94.8 Å². The molecule has 0 fully saturated rings. The normalized spacial score (nSPS) is 11.8. The molecule has 0 spiro atoms. The molecule has 2 aromatic carbocycles. The van der Waals surface area contributed by atoms with E-state index < -0.39 is 11.9 Å². The number of carbonyl (C=O) groups excluding carboxylic acids is 2. The summed E-state index contributed by atoms with van der Waals surface area (Å²) in [4.78, 5) is 37.3. The van der Waals surface area contributed by atoms with Gasteiger partial charge in [0.05, 0.1) is 5.69 Å². The number of hydrogen-bond acceptors (Lipinski definition) is 5. The molecule has 1 atom stereocenters. The first-order chi connectivity index (χ1) is 20.3. The molecule has 2 amide bonds. The van der Waals surface area contributed by atoms with E-state index in [1.165, 1.54) is 4.68 Å². The number of halogens is 4. The molecule has 0 aliphatic carbocycles. The zero-order valence-electron chi connectivity index (χ0n) is 24.3. The van der Waals surface area contributed by atoms with E-state index in [2.05, 4.69) is 20.4 Å². The van der Waals surface area contributed by atoms with Crippen LogP contribution in [0.25, 0.3) is 5.69 Å². The van der Waals surface area contributed by atoms with E-state index in [4.69, 9.17) is 57.9 Å². The average Bonchev–Trinajstić information content (AvgIpc) is 3.30. The lowest BCUT2D eigenvalue weighted by atomic mass is 10.1. The Balaban J connectivity index is 1.77. The molecular weight excluding hydrogens is 634 g/mol. The lowest BCUT2D eigenvalue weighted by Crippen LogP contribution is -2.51. The predicted octanol–water partition coefficient (Wildman–Crippen LogP) is 5.60. The van der Waals surface area contributed by atoms with Gasteiger partial charge in [-0.3, -0.25) is 14.6 Å². The summed E-state index contributed by atoms with van der Waals surface area (Å²) in [5, 5.41) is 9.19. The van der Waals surface area contributed by atoms with Crippen molar-refractivity contribution in [2.45, 2.75) is 65.0 Å². The summed E-state index contributed by atoms with van der Waals surface area (Å²) in [6.45, 7) is 6.48. The van der Waals surface area contributed by atoms with Crippen LogP contribution >= 0.6 is 46.4 Å². The molecular formula is C29H36Cl4N8O2. The van der Waals surface area contributed by atoms with Gasteiger partial charge in [-0.25, -0.2) is 9.67 Å². The van der Waals surface area contributed by atoms with Gasteiger partial charge in [0, 0.05) is 39.2 Å². The van der Waals surface area contributed by atoms with Crippen molar-refractivity contribution in [3.05, 3.63) is 73.7 Å². The Hall–Kier alpha value is -3.05. The third-order valence-electron chi connectivity index (χ3n) is 6.56. The van der Waals surface area contributed by atoms with Crippen LogP contribution in [0, 0.1) is 6.92 Å². The molecule has 3 aromatic rings. The fourth-order valence-corrected chi connectivity index (χ4v) is 5.66. The van der Waals surface area contributed by atoms with Gasteiger partial charge in [-0.1, -0.05) is 46.4 Å². The Morgan fingerprint density at radius 2 is 1.56 bits per heavy atom. The van der Waals surface area contributed by atoms with Gasteiger partial charge in [-0.2, -0.15) is 0 Å². The molecule has 232 valence electrons. The molecule has 1 unspecified atom stereocenters. The van der Waals surface area contributed by atoms with Crippen molar-refractivity contribution in [2.75, 3.05) is 13.1 Å². The third kappa shape index (κ3) is 10.6. The smallest absolute Gasteiger partial charge is 0.291 e. The molecule has 43 heavy (non-hydrogen) atoms. The molecule has 0 bridgehead atoms. The highest BCUT2D eigenvalue weighted by Crippen LogP contribution is 2.23. The summed E-state index contributed by atoms with van der Waals surface area (Å²) >= 11 is 24.6. The maximum atomic E-state index is 13.9. The summed E-state index contributed by atoms with van der Waals surface area (Å²) in [6.07, 6.45) is 2.97. The highest BCUT2D eigenvalue weighted by molar-refractivity contribution is 6.35. The Morgan fingerprint density at radius 3 is 2.14 bits per heavy atom. The van der Waals surface area contributed by atoms with E-state index in [1.54, 1.807) is 36.1 Å². The highest BCUT2D eigenvalue weighted by atomic mass is 35.5. The molecule has 0 aliphatic rings. The van der Waals surface area contributed by atoms with Gasteiger partial charge >= 0.3 is 0 Å². The lowest BCUT2D eigenvalue weighted by Gasteiger charge is -2.31. The largest absolute Gasteiger partial charge is 0.370 e. The van der Waals surface area contributed by atoms with Crippen molar-refractivity contribution in [3.63, 3.8) is 0 Å². The summed E-state index contributed by atoms with van der Waals surface area (Å²) in [5.41, 5.74) is 12.4. The number of carbonyl (C=O) groups is 2. The lowest BCUT2D eigenvalue weighted by molar-refractivity contribution is -0.135. The number of aryl methyl sites for hydroxylation is 2. The van der Waals surface area contributed by atoms with Crippen molar-refractivity contribution in [2.24, 2.45) is 16.5 Å². The molecule has 0 saturated heterocycles. The maximum absolute atomic E-state index is 13.9. The molecule has 1 heterocycles. The number of unbranched alkanes of at least 4 members (excludes halogenated alkanes) is 1. The average molecular weight is 670 g/mol. The first-order valence-corrected chi connectivity index (χ1v) is 15.4. The molecule has 10 nitrogen and oxygen atoms in total. The summed E-state index contributed by atoms with van der Waals surface area (Å²) in [5.74, 6) is -0.401. The summed E-state index contributed by atoms with van der Waals surface area (Å²) < 4.78 is 1.47. The zero-order chi connectivity index (χ0) is 31.7. The molecule has 5 N–H and O–H groups in total. The molecule has 14 heteroatoms. The SMILES string of the molecule is Cc1nc(C(=O)NC(CCCCN=C(N)N)C(=O)N(CCCc2cc(Cl)cc(Cl)c2)C(C)C)nn1-c1cc(Cl)cc(Cl)c1.